The van der Waals surface area contributed by atoms with Crippen molar-refractivity contribution in [3.05, 3.63) is 64.8 Å². The first-order chi connectivity index (χ1) is 6.30. The predicted octanol–water partition coefficient (Wildman–Crippen LogP) is 2.16. The first-order valence-electron chi connectivity index (χ1n) is 3.96. The summed E-state index contributed by atoms with van der Waals surface area (Å²) >= 11 is 0. The molecule has 2 rings (SSSR count). The van der Waals surface area contributed by atoms with Crippen molar-refractivity contribution in [2.45, 2.75) is 6.04 Å². The summed E-state index contributed by atoms with van der Waals surface area (Å²) in [6.45, 7) is 0. The normalized spacial score (nSPS) is 12.9. The molecule has 1 aromatic rings. The molecule has 74 valence electrons. The van der Waals surface area contributed by atoms with Gasteiger partial charge in [0.25, 0.3) is 0 Å². The second kappa shape index (κ2) is 7.18. The van der Waals surface area contributed by atoms with E-state index in [1.165, 1.54) is 0 Å². The Balaban J connectivity index is 0.000000246. The largest absolute Gasteiger partial charge is 2.00 e. The molecule has 0 atom stereocenters. The van der Waals surface area contributed by atoms with Crippen molar-refractivity contribution in [2.75, 3.05) is 0 Å². The first-order valence-corrected chi connectivity index (χ1v) is 3.96. The second-order valence-electron chi connectivity index (χ2n) is 2.51. The van der Waals surface area contributed by atoms with Gasteiger partial charge in [-0.15, -0.1) is 0 Å². The third kappa shape index (κ3) is 4.70. The number of nitro groups is 1. The van der Waals surface area contributed by atoms with E-state index in [1.54, 1.807) is 24.3 Å². The van der Waals surface area contributed by atoms with Gasteiger partial charge in [-0.2, -0.15) is 18.2 Å². The van der Waals surface area contributed by atoms with E-state index in [9.17, 15) is 10.1 Å². The number of allylic oxidation sites excluding steroid dienone is 2. The van der Waals surface area contributed by atoms with Crippen molar-refractivity contribution in [3.8, 4) is 0 Å². The molecule has 0 fully saturated rings. The van der Waals surface area contributed by atoms with Gasteiger partial charge < -0.3 is 0 Å². The molecule has 14 heavy (non-hydrogen) atoms. The van der Waals surface area contributed by atoms with Crippen LogP contribution in [0, 0.1) is 10.1 Å². The first kappa shape index (κ1) is 12.7. The predicted molar refractivity (Wildman–Crippen MR) is 51.1 cm³/mol. The number of hydrogen-bond donors (Lipinski definition) is 0. The Bertz CT molecular complexity index is 275. The summed E-state index contributed by atoms with van der Waals surface area (Å²) in [6.07, 6.45) is 6.43. The zero-order valence-corrected chi connectivity index (χ0v) is 8.49. The molecular weight excluding hydrogens is 222 g/mol. The summed E-state index contributed by atoms with van der Waals surface area (Å²) < 4.78 is 0. The van der Waals surface area contributed by atoms with Crippen LogP contribution in [0.15, 0.2) is 54.6 Å². The van der Waals surface area contributed by atoms with Crippen LogP contribution in [0.3, 0.4) is 0 Å². The van der Waals surface area contributed by atoms with E-state index in [4.69, 9.17) is 0 Å². The summed E-state index contributed by atoms with van der Waals surface area (Å²) in [6, 6.07) is 9.43. The maximum Gasteiger partial charge on any atom is 2.00 e. The molecule has 3 nitrogen and oxygen atoms in total. The number of hydrogen-bond acceptors (Lipinski definition) is 2. The summed E-state index contributed by atoms with van der Waals surface area (Å²) in [5, 5.41) is 9.90. The summed E-state index contributed by atoms with van der Waals surface area (Å²) in [5.41, 5.74) is 0. The molecular formula is C10H10FeNO2+. The molecule has 0 spiro atoms. The van der Waals surface area contributed by atoms with Crippen molar-refractivity contribution in [3.63, 3.8) is 0 Å². The average Bonchev–Trinajstić information content (AvgIpc) is 2.82. The molecule has 4 heteroatoms. The van der Waals surface area contributed by atoms with Gasteiger partial charge in [0.1, 0.15) is 0 Å². The fraction of sp³-hybridized carbons (Fsp3) is 0.100. The Morgan fingerprint density at radius 1 is 1.14 bits per heavy atom. The van der Waals surface area contributed by atoms with Gasteiger partial charge in [0.2, 0.25) is 6.04 Å². The van der Waals surface area contributed by atoms with Gasteiger partial charge in [0.15, 0.2) is 0 Å². The monoisotopic (exact) mass is 232 g/mol. The van der Waals surface area contributed by atoms with Gasteiger partial charge in [0.05, 0.1) is 0 Å². The van der Waals surface area contributed by atoms with Crippen LogP contribution < -0.4 is 0 Å². The molecule has 0 heterocycles. The maximum absolute atomic E-state index is 9.90. The second-order valence-corrected chi connectivity index (χ2v) is 2.51. The molecule has 0 radical (unpaired) electrons. The van der Waals surface area contributed by atoms with Gasteiger partial charge in [-0.1, -0.05) is 12.2 Å². The molecule has 0 N–H and O–H groups in total. The number of nitrogens with zero attached hydrogens (tertiary/aromatic N) is 1. The van der Waals surface area contributed by atoms with E-state index in [0.717, 1.165) is 0 Å². The Morgan fingerprint density at radius 3 is 1.86 bits per heavy atom. The molecule has 0 bridgehead atoms. The number of rotatable bonds is 1. The van der Waals surface area contributed by atoms with Crippen LogP contribution in [0.25, 0.3) is 0 Å². The van der Waals surface area contributed by atoms with Gasteiger partial charge >= 0.3 is 17.1 Å². The zero-order chi connectivity index (χ0) is 9.52. The van der Waals surface area contributed by atoms with Crippen LogP contribution in [0.5, 0.6) is 0 Å². The molecule has 0 unspecified atom stereocenters. The quantitative estimate of drug-likeness (QED) is 0.322. The van der Waals surface area contributed by atoms with Gasteiger partial charge in [0, 0.05) is 4.92 Å². The Labute approximate surface area is 93.1 Å². The average molecular weight is 232 g/mol. The Hall–Kier alpha value is -1.25. The third-order valence-electron chi connectivity index (χ3n) is 1.53. The van der Waals surface area contributed by atoms with Crippen LogP contribution in [0.1, 0.15) is 0 Å². The molecule has 1 aromatic carbocycles. The van der Waals surface area contributed by atoms with Crippen molar-refractivity contribution >= 4 is 0 Å². The van der Waals surface area contributed by atoms with Crippen molar-refractivity contribution in [1.82, 2.24) is 0 Å². The van der Waals surface area contributed by atoms with E-state index in [0.29, 0.717) is 0 Å². The summed E-state index contributed by atoms with van der Waals surface area (Å²) in [4.78, 5) is 9.57. The Kier molecular flexibility index (Phi) is 6.54. The minimum absolute atomic E-state index is 0. The molecule has 0 aliphatic heterocycles. The van der Waals surface area contributed by atoms with E-state index in [1.807, 2.05) is 30.3 Å². The van der Waals surface area contributed by atoms with E-state index in [2.05, 4.69) is 0 Å². The van der Waals surface area contributed by atoms with Crippen LogP contribution >= 0.6 is 0 Å². The fourth-order valence-electron chi connectivity index (χ4n) is 0.881. The molecule has 0 saturated heterocycles. The summed E-state index contributed by atoms with van der Waals surface area (Å²) in [7, 11) is 0. The van der Waals surface area contributed by atoms with Gasteiger partial charge in [-0.25, -0.2) is 12.1 Å². The van der Waals surface area contributed by atoms with Crippen molar-refractivity contribution in [1.29, 1.82) is 0 Å². The molecule has 1 aliphatic rings. The fourth-order valence-corrected chi connectivity index (χ4v) is 0.881. The van der Waals surface area contributed by atoms with Crippen LogP contribution in [0.4, 0.5) is 0 Å². The van der Waals surface area contributed by atoms with E-state index < -0.39 is 6.04 Å². The molecule has 0 aromatic heterocycles. The van der Waals surface area contributed by atoms with Gasteiger partial charge in [-0.3, -0.25) is 10.1 Å². The maximum atomic E-state index is 9.90. The molecule has 1 aliphatic carbocycles. The van der Waals surface area contributed by atoms with Gasteiger partial charge in [-0.05, 0) is 12.2 Å². The minimum Gasteiger partial charge on any atom is -0.264 e. The third-order valence-corrected chi connectivity index (χ3v) is 1.53. The standard InChI is InChI=1S/C5H5NO2.C5H5.Fe/c7-6(8)5-3-1-2-4-5;1-2-4-5-3-1;/h1-5H;1-5H;/q;-1;+2. The smallest absolute Gasteiger partial charge is 0.264 e. The van der Waals surface area contributed by atoms with Crippen molar-refractivity contribution < 1.29 is 22.0 Å². The van der Waals surface area contributed by atoms with Crippen LogP contribution in [0.2, 0.25) is 0 Å². The van der Waals surface area contributed by atoms with Crippen molar-refractivity contribution in [2.24, 2.45) is 0 Å². The van der Waals surface area contributed by atoms with Crippen LogP contribution in [-0.4, -0.2) is 11.0 Å². The minimum atomic E-state index is -0.574. The Morgan fingerprint density at radius 2 is 1.64 bits per heavy atom. The van der Waals surface area contributed by atoms with Crippen LogP contribution in [-0.2, 0) is 17.1 Å². The molecule has 0 amide bonds. The van der Waals surface area contributed by atoms with E-state index >= 15 is 0 Å². The van der Waals surface area contributed by atoms with E-state index in [-0.39, 0.29) is 22.0 Å². The summed E-state index contributed by atoms with van der Waals surface area (Å²) in [5.74, 6) is 0. The molecule has 0 saturated carbocycles. The zero-order valence-electron chi connectivity index (χ0n) is 7.39. The topological polar surface area (TPSA) is 43.1 Å². The SMILES string of the molecule is O=[N+]([O-])C1C=CC=C1.[Fe+2].c1cc[cH-]c1.